The van der Waals surface area contributed by atoms with Gasteiger partial charge in [0.2, 0.25) is 11.5 Å². The summed E-state index contributed by atoms with van der Waals surface area (Å²) >= 11 is 0. The predicted molar refractivity (Wildman–Crippen MR) is 136 cm³/mol. The number of hydrogen-bond acceptors (Lipinski definition) is 11. The molecule has 15 nitrogen and oxygen atoms in total. The molecule has 0 aromatic heterocycles. The summed E-state index contributed by atoms with van der Waals surface area (Å²) in [5, 5.41) is 45.5. The first-order valence-corrected chi connectivity index (χ1v) is 11.0. The maximum Gasteiger partial charge on any atom is 0.318 e. The fourth-order valence-electron chi connectivity index (χ4n) is 3.55. The summed E-state index contributed by atoms with van der Waals surface area (Å²) in [6, 6.07) is 17.0. The number of nitro groups is 4. The van der Waals surface area contributed by atoms with E-state index in [4.69, 9.17) is 9.47 Å². The lowest BCUT2D eigenvalue weighted by atomic mass is 10.0. The molecule has 200 valence electrons. The van der Waals surface area contributed by atoms with E-state index in [1.807, 2.05) is 0 Å². The summed E-state index contributed by atoms with van der Waals surface area (Å²) in [5.41, 5.74) is -2.72. The lowest BCUT2D eigenvalue weighted by molar-refractivity contribution is -0.394. The van der Waals surface area contributed by atoms with Gasteiger partial charge in [0.1, 0.15) is 0 Å². The molecule has 0 amide bonds. The lowest BCUT2D eigenvalue weighted by Gasteiger charge is -2.16. The second-order valence-corrected chi connectivity index (χ2v) is 7.86. The number of nitrogens with zero attached hydrogens (tertiary/aromatic N) is 4. The van der Waals surface area contributed by atoms with Crippen molar-refractivity contribution in [2.24, 2.45) is 0 Å². The average Bonchev–Trinajstić information content (AvgIpc) is 2.93. The molecule has 0 N–H and O–H groups in total. The quantitative estimate of drug-likeness (QED) is 0.125. The van der Waals surface area contributed by atoms with Crippen LogP contribution in [0.15, 0.2) is 84.9 Å². The summed E-state index contributed by atoms with van der Waals surface area (Å²) in [4.78, 5) is 55.4. The highest BCUT2D eigenvalue weighted by Crippen LogP contribution is 2.44. The number of nitro benzene ring substituents is 4. The van der Waals surface area contributed by atoms with Crippen molar-refractivity contribution in [3.63, 3.8) is 0 Å². The number of carbonyl (C=O) groups is 1. The molecule has 0 aliphatic carbocycles. The van der Waals surface area contributed by atoms with E-state index in [2.05, 4.69) is 0 Å². The first kappa shape index (κ1) is 26.8. The Kier molecular flexibility index (Phi) is 7.38. The van der Waals surface area contributed by atoms with Crippen LogP contribution in [0.5, 0.6) is 23.0 Å². The van der Waals surface area contributed by atoms with Crippen LogP contribution in [0, 0.1) is 40.5 Å². The third kappa shape index (κ3) is 5.52. The molecule has 4 aromatic rings. The van der Waals surface area contributed by atoms with Crippen molar-refractivity contribution in [3.8, 4) is 23.0 Å². The van der Waals surface area contributed by atoms with Gasteiger partial charge >= 0.3 is 11.4 Å². The van der Waals surface area contributed by atoms with E-state index < -0.39 is 65.5 Å². The average molecular weight is 546 g/mol. The van der Waals surface area contributed by atoms with E-state index in [0.717, 1.165) is 24.3 Å². The van der Waals surface area contributed by atoms with Crippen molar-refractivity contribution in [1.82, 2.24) is 0 Å². The molecule has 0 aliphatic heterocycles. The molecule has 0 heterocycles. The number of carbonyl (C=O) groups excluding carboxylic acids is 1. The van der Waals surface area contributed by atoms with Crippen molar-refractivity contribution in [2.75, 3.05) is 0 Å². The van der Waals surface area contributed by atoms with Gasteiger partial charge in [-0.2, -0.15) is 0 Å². The molecule has 0 saturated heterocycles. The Bertz CT molecular complexity index is 1690. The molecule has 40 heavy (non-hydrogen) atoms. The van der Waals surface area contributed by atoms with E-state index in [9.17, 15) is 45.3 Å². The Labute approximate surface area is 222 Å². The van der Waals surface area contributed by atoms with E-state index in [0.29, 0.717) is 12.1 Å². The van der Waals surface area contributed by atoms with Crippen LogP contribution >= 0.6 is 0 Å². The molecule has 0 aliphatic rings. The van der Waals surface area contributed by atoms with Gasteiger partial charge in [0.05, 0.1) is 37.4 Å². The van der Waals surface area contributed by atoms with Crippen LogP contribution in [-0.4, -0.2) is 25.5 Å². The Hall–Kier alpha value is -6.25. The minimum Gasteiger partial charge on any atom is -0.446 e. The summed E-state index contributed by atoms with van der Waals surface area (Å²) in [6.07, 6.45) is 0. The van der Waals surface area contributed by atoms with Crippen LogP contribution in [-0.2, 0) is 0 Å². The van der Waals surface area contributed by atoms with Gasteiger partial charge in [-0.3, -0.25) is 45.3 Å². The normalized spacial score (nSPS) is 10.4. The van der Waals surface area contributed by atoms with Crippen molar-refractivity contribution in [1.29, 1.82) is 0 Å². The van der Waals surface area contributed by atoms with Crippen LogP contribution in [0.4, 0.5) is 22.7 Å². The number of hydrogen-bond donors (Lipinski definition) is 0. The van der Waals surface area contributed by atoms with Crippen molar-refractivity contribution >= 4 is 28.5 Å². The Morgan fingerprint density at radius 1 is 0.550 bits per heavy atom. The highest BCUT2D eigenvalue weighted by molar-refractivity contribution is 6.11. The predicted octanol–water partition coefficient (Wildman–Crippen LogP) is 6.14. The molecular formula is C25H14N4O11. The minimum absolute atomic E-state index is 0.166. The van der Waals surface area contributed by atoms with Gasteiger partial charge in [0.25, 0.3) is 11.4 Å². The third-order valence-corrected chi connectivity index (χ3v) is 5.39. The molecule has 0 fully saturated rings. The number of ether oxygens (including phenoxy) is 2. The number of non-ortho nitro benzene ring substituents is 2. The maximum absolute atomic E-state index is 13.4. The summed E-state index contributed by atoms with van der Waals surface area (Å²) in [6.45, 7) is 0. The second kappa shape index (κ2) is 11.0. The van der Waals surface area contributed by atoms with Gasteiger partial charge in [-0.25, -0.2) is 0 Å². The van der Waals surface area contributed by atoms with Gasteiger partial charge in [-0.1, -0.05) is 36.4 Å². The van der Waals surface area contributed by atoms with Crippen molar-refractivity contribution in [3.05, 3.63) is 137 Å². The Balaban J connectivity index is 1.89. The van der Waals surface area contributed by atoms with Crippen LogP contribution in [0.3, 0.4) is 0 Å². The fourth-order valence-corrected chi connectivity index (χ4v) is 3.55. The molecule has 4 rings (SSSR count). The standard InChI is InChI=1S/C25H14N4O11/c30-24(15-5-2-1-3-6-15)18-7-4-8-23(39-21-11-9-16(26(31)32)13-19(21)28(35)36)25(18)40-22-12-10-17(27(33)34)14-20(22)29(37)38/h1-14H. The SMILES string of the molecule is O=C(c1ccccc1)c1cccc(Oc2ccc([N+](=O)[O-])cc2[N+](=O)[O-])c1Oc1ccc([N+](=O)[O-])cc1[N+](=O)[O-]. The first-order chi connectivity index (χ1) is 19.1. The number of ketones is 1. The van der Waals surface area contributed by atoms with E-state index in [1.54, 1.807) is 18.2 Å². The molecule has 4 aromatic carbocycles. The topological polar surface area (TPSA) is 208 Å². The fraction of sp³-hybridized carbons (Fsp3) is 0. The van der Waals surface area contributed by atoms with Gasteiger partial charge in [-0.05, 0) is 24.3 Å². The lowest BCUT2D eigenvalue weighted by Crippen LogP contribution is -2.06. The summed E-state index contributed by atoms with van der Waals surface area (Å²) < 4.78 is 11.4. The number of benzene rings is 4. The second-order valence-electron chi connectivity index (χ2n) is 7.86. The molecular weight excluding hydrogens is 532 g/mol. The van der Waals surface area contributed by atoms with Crippen molar-refractivity contribution < 1.29 is 34.0 Å². The minimum atomic E-state index is -0.925. The monoisotopic (exact) mass is 546 g/mol. The maximum atomic E-state index is 13.4. The van der Waals surface area contributed by atoms with Gasteiger partial charge in [0, 0.05) is 17.7 Å². The first-order valence-electron chi connectivity index (χ1n) is 11.0. The number of para-hydroxylation sites is 1. The molecule has 0 spiro atoms. The smallest absolute Gasteiger partial charge is 0.318 e. The molecule has 0 radical (unpaired) electrons. The zero-order valence-corrected chi connectivity index (χ0v) is 19.9. The zero-order valence-electron chi connectivity index (χ0n) is 19.9. The van der Waals surface area contributed by atoms with Gasteiger partial charge in [0.15, 0.2) is 17.3 Å². The summed E-state index contributed by atoms with van der Waals surface area (Å²) in [5.74, 6) is -2.27. The van der Waals surface area contributed by atoms with Gasteiger partial charge < -0.3 is 9.47 Å². The van der Waals surface area contributed by atoms with Crippen LogP contribution in [0.25, 0.3) is 0 Å². The molecule has 0 atom stereocenters. The third-order valence-electron chi connectivity index (χ3n) is 5.39. The van der Waals surface area contributed by atoms with E-state index >= 15 is 0 Å². The van der Waals surface area contributed by atoms with Gasteiger partial charge in [-0.15, -0.1) is 0 Å². The van der Waals surface area contributed by atoms with Crippen LogP contribution in [0.1, 0.15) is 15.9 Å². The molecule has 0 bridgehead atoms. The number of rotatable bonds is 10. The van der Waals surface area contributed by atoms with Crippen molar-refractivity contribution in [2.45, 2.75) is 0 Å². The van der Waals surface area contributed by atoms with E-state index in [-0.39, 0.29) is 16.9 Å². The summed E-state index contributed by atoms with van der Waals surface area (Å²) in [7, 11) is 0. The Morgan fingerprint density at radius 2 is 1.07 bits per heavy atom. The largest absolute Gasteiger partial charge is 0.446 e. The Morgan fingerprint density at radius 3 is 1.57 bits per heavy atom. The highest BCUT2D eigenvalue weighted by Gasteiger charge is 2.28. The van der Waals surface area contributed by atoms with Crippen LogP contribution in [0.2, 0.25) is 0 Å². The zero-order chi connectivity index (χ0) is 29.0. The molecule has 15 heteroatoms. The highest BCUT2D eigenvalue weighted by atomic mass is 16.6. The van der Waals surface area contributed by atoms with E-state index in [1.165, 1.54) is 30.3 Å². The van der Waals surface area contributed by atoms with Crippen LogP contribution < -0.4 is 9.47 Å². The molecule has 0 unspecified atom stereocenters. The molecule has 0 saturated carbocycles.